The van der Waals surface area contributed by atoms with Gasteiger partial charge in [-0.05, 0) is 67.4 Å². The molecule has 0 aliphatic carbocycles. The first-order chi connectivity index (χ1) is 23.8. The Balaban J connectivity index is 1.34. The second-order valence-corrected chi connectivity index (χ2v) is 12.0. The lowest BCUT2D eigenvalue weighted by atomic mass is 9.91. The van der Waals surface area contributed by atoms with Crippen molar-refractivity contribution in [3.63, 3.8) is 0 Å². The fourth-order valence-electron chi connectivity index (χ4n) is 6.84. The molecule has 0 unspecified atom stereocenters. The van der Waals surface area contributed by atoms with Gasteiger partial charge < -0.3 is 0 Å². The minimum atomic E-state index is 0.635. The number of benzene rings is 8. The van der Waals surface area contributed by atoms with Crippen LogP contribution in [-0.2, 0) is 0 Å². The van der Waals surface area contributed by atoms with Crippen LogP contribution in [0.4, 0.5) is 0 Å². The van der Waals surface area contributed by atoms with Crippen molar-refractivity contribution in [1.82, 2.24) is 15.0 Å². The van der Waals surface area contributed by atoms with Gasteiger partial charge in [0.1, 0.15) is 0 Å². The predicted molar refractivity (Wildman–Crippen MR) is 200 cm³/mol. The van der Waals surface area contributed by atoms with E-state index in [-0.39, 0.29) is 0 Å². The lowest BCUT2D eigenvalue weighted by Crippen LogP contribution is -2.01. The maximum Gasteiger partial charge on any atom is 0.164 e. The Morgan fingerprint density at radius 1 is 0.250 bits per heavy atom. The Hall–Kier alpha value is -6.45. The lowest BCUT2D eigenvalue weighted by Gasteiger charge is -2.15. The lowest BCUT2D eigenvalue weighted by molar-refractivity contribution is 1.08. The smallest absolute Gasteiger partial charge is 0.164 e. The SMILES string of the molecule is c1ccc(-c2cc(-c3ccccc3)cc(-c3nc(-c4ccccc4)nc(-c4cccc5c6ccccc6c6ccccc6c45)n3)c2)cc1. The largest absolute Gasteiger partial charge is 0.208 e. The van der Waals surface area contributed by atoms with Crippen molar-refractivity contribution in [3.05, 3.63) is 176 Å². The molecule has 8 aromatic carbocycles. The molecular formula is C45H29N3. The van der Waals surface area contributed by atoms with Crippen LogP contribution in [0, 0.1) is 0 Å². The van der Waals surface area contributed by atoms with Crippen molar-refractivity contribution in [2.45, 2.75) is 0 Å². The van der Waals surface area contributed by atoms with E-state index in [9.17, 15) is 0 Å². The second-order valence-electron chi connectivity index (χ2n) is 12.0. The maximum absolute atomic E-state index is 5.28. The maximum atomic E-state index is 5.28. The van der Waals surface area contributed by atoms with Crippen molar-refractivity contribution in [2.75, 3.05) is 0 Å². The van der Waals surface area contributed by atoms with Crippen LogP contribution in [0.5, 0.6) is 0 Å². The fraction of sp³-hybridized carbons (Fsp3) is 0. The van der Waals surface area contributed by atoms with Gasteiger partial charge in [0.25, 0.3) is 0 Å². The molecule has 1 heterocycles. The third kappa shape index (κ3) is 4.90. The number of rotatable bonds is 5. The summed E-state index contributed by atoms with van der Waals surface area (Å²) in [5.41, 5.74) is 7.36. The van der Waals surface area contributed by atoms with Gasteiger partial charge >= 0.3 is 0 Å². The summed E-state index contributed by atoms with van der Waals surface area (Å²) in [4.78, 5) is 15.6. The molecule has 0 saturated carbocycles. The van der Waals surface area contributed by atoms with E-state index >= 15 is 0 Å². The monoisotopic (exact) mass is 611 g/mol. The average molecular weight is 612 g/mol. The van der Waals surface area contributed by atoms with E-state index in [2.05, 4.69) is 146 Å². The van der Waals surface area contributed by atoms with Crippen LogP contribution in [0.3, 0.4) is 0 Å². The number of hydrogen-bond donors (Lipinski definition) is 0. The highest BCUT2D eigenvalue weighted by Crippen LogP contribution is 2.40. The van der Waals surface area contributed by atoms with Crippen LogP contribution in [0.15, 0.2) is 176 Å². The zero-order valence-corrected chi connectivity index (χ0v) is 26.1. The Morgan fingerprint density at radius 3 is 1.17 bits per heavy atom. The first-order valence-electron chi connectivity index (χ1n) is 16.2. The summed E-state index contributed by atoms with van der Waals surface area (Å²) in [6.07, 6.45) is 0. The van der Waals surface area contributed by atoms with E-state index in [1.807, 2.05) is 30.3 Å². The Morgan fingerprint density at radius 2 is 0.625 bits per heavy atom. The average Bonchev–Trinajstić information content (AvgIpc) is 3.18. The highest BCUT2D eigenvalue weighted by Gasteiger charge is 2.18. The van der Waals surface area contributed by atoms with Crippen LogP contribution in [0.25, 0.3) is 88.7 Å². The topological polar surface area (TPSA) is 38.7 Å². The van der Waals surface area contributed by atoms with Crippen LogP contribution in [0.1, 0.15) is 0 Å². The molecule has 9 aromatic rings. The number of aromatic nitrogens is 3. The van der Waals surface area contributed by atoms with E-state index in [0.717, 1.165) is 44.3 Å². The van der Waals surface area contributed by atoms with Crippen molar-refractivity contribution in [2.24, 2.45) is 0 Å². The molecule has 3 heteroatoms. The van der Waals surface area contributed by atoms with Crippen LogP contribution in [0.2, 0.25) is 0 Å². The van der Waals surface area contributed by atoms with Gasteiger partial charge in [-0.3, -0.25) is 0 Å². The summed E-state index contributed by atoms with van der Waals surface area (Å²) < 4.78 is 0. The summed E-state index contributed by atoms with van der Waals surface area (Å²) in [6, 6.07) is 61.6. The van der Waals surface area contributed by atoms with Gasteiger partial charge in [0.2, 0.25) is 0 Å². The molecule has 1 aromatic heterocycles. The van der Waals surface area contributed by atoms with Crippen LogP contribution < -0.4 is 0 Å². The molecule has 0 fully saturated rings. The molecule has 0 spiro atoms. The Labute approximate surface area is 278 Å². The molecule has 0 N–H and O–H groups in total. The molecule has 0 radical (unpaired) electrons. The van der Waals surface area contributed by atoms with E-state index in [1.54, 1.807) is 0 Å². The van der Waals surface area contributed by atoms with Gasteiger partial charge in [0.05, 0.1) is 0 Å². The zero-order valence-electron chi connectivity index (χ0n) is 26.1. The predicted octanol–water partition coefficient (Wildman–Crippen LogP) is 11.7. The van der Waals surface area contributed by atoms with Crippen molar-refractivity contribution < 1.29 is 0 Å². The number of nitrogens with zero attached hydrogens (tertiary/aromatic N) is 3. The van der Waals surface area contributed by atoms with Gasteiger partial charge in [-0.25, -0.2) is 15.0 Å². The molecule has 0 aliphatic rings. The number of fused-ring (bicyclic) bond motifs is 6. The molecule has 0 saturated heterocycles. The third-order valence-electron chi connectivity index (χ3n) is 9.08. The Bertz CT molecular complexity index is 2490. The minimum Gasteiger partial charge on any atom is -0.208 e. The standard InChI is InChI=1S/C45H29N3/c1-4-15-30(16-5-1)33-27-34(31-17-6-2-7-18-31)29-35(28-33)44-46-43(32-19-8-3-9-20-32)47-45(48-44)41-26-14-25-40-38-22-11-10-21-36(38)37-23-12-13-24-39(37)42(40)41/h1-29H. The second kappa shape index (κ2) is 11.7. The summed E-state index contributed by atoms with van der Waals surface area (Å²) in [7, 11) is 0. The molecule has 224 valence electrons. The first-order valence-corrected chi connectivity index (χ1v) is 16.2. The molecule has 0 atom stereocenters. The van der Waals surface area contributed by atoms with Gasteiger partial charge in [-0.1, -0.05) is 158 Å². The van der Waals surface area contributed by atoms with E-state index < -0.39 is 0 Å². The van der Waals surface area contributed by atoms with Gasteiger partial charge in [0, 0.05) is 22.1 Å². The number of hydrogen-bond acceptors (Lipinski definition) is 3. The molecule has 0 aliphatic heterocycles. The minimum absolute atomic E-state index is 0.635. The summed E-state index contributed by atoms with van der Waals surface area (Å²) in [5, 5.41) is 7.18. The van der Waals surface area contributed by atoms with E-state index in [0.29, 0.717) is 17.5 Å². The van der Waals surface area contributed by atoms with Crippen molar-refractivity contribution in [3.8, 4) is 56.4 Å². The third-order valence-corrected chi connectivity index (χ3v) is 9.08. The van der Waals surface area contributed by atoms with Crippen LogP contribution >= 0.6 is 0 Å². The molecule has 9 rings (SSSR count). The van der Waals surface area contributed by atoms with Crippen molar-refractivity contribution in [1.29, 1.82) is 0 Å². The molecule has 48 heavy (non-hydrogen) atoms. The highest BCUT2D eigenvalue weighted by atomic mass is 15.0. The molecule has 3 nitrogen and oxygen atoms in total. The Kier molecular flexibility index (Phi) is 6.80. The van der Waals surface area contributed by atoms with Crippen molar-refractivity contribution >= 4 is 32.3 Å². The molecule has 0 amide bonds. The normalized spacial score (nSPS) is 11.3. The van der Waals surface area contributed by atoms with E-state index in [1.165, 1.54) is 26.9 Å². The van der Waals surface area contributed by atoms with Gasteiger partial charge in [0.15, 0.2) is 17.5 Å². The quantitative estimate of drug-likeness (QED) is 0.182. The fourth-order valence-corrected chi connectivity index (χ4v) is 6.84. The summed E-state index contributed by atoms with van der Waals surface area (Å²) >= 11 is 0. The zero-order chi connectivity index (χ0) is 31.9. The van der Waals surface area contributed by atoms with Gasteiger partial charge in [-0.15, -0.1) is 0 Å². The highest BCUT2D eigenvalue weighted by molar-refractivity contribution is 6.28. The summed E-state index contributed by atoms with van der Waals surface area (Å²) in [5.74, 6) is 1.93. The van der Waals surface area contributed by atoms with Gasteiger partial charge in [-0.2, -0.15) is 0 Å². The van der Waals surface area contributed by atoms with E-state index in [4.69, 9.17) is 15.0 Å². The van der Waals surface area contributed by atoms with Crippen LogP contribution in [-0.4, -0.2) is 15.0 Å². The first kappa shape index (κ1) is 27.8. The summed E-state index contributed by atoms with van der Waals surface area (Å²) in [6.45, 7) is 0. The molecular weight excluding hydrogens is 583 g/mol. The molecule has 0 bridgehead atoms.